The second-order valence-electron chi connectivity index (χ2n) is 8.84. The third-order valence-corrected chi connectivity index (χ3v) is 7.03. The van der Waals surface area contributed by atoms with E-state index in [0.717, 1.165) is 31.5 Å². The molecule has 9 heteroatoms. The van der Waals surface area contributed by atoms with Crippen LogP contribution >= 0.6 is 23.2 Å². The number of ether oxygens (including phenoxy) is 2. The highest BCUT2D eigenvalue weighted by atomic mass is 35.5. The minimum absolute atomic E-state index is 0.0241. The number of nitrogens with zero attached hydrogens (tertiary/aromatic N) is 1. The van der Waals surface area contributed by atoms with Gasteiger partial charge in [0.2, 0.25) is 0 Å². The summed E-state index contributed by atoms with van der Waals surface area (Å²) < 4.78 is 11.4. The molecule has 2 N–H and O–H groups in total. The molecule has 2 aromatic carbocycles. The molecule has 1 aliphatic heterocycles. The van der Waals surface area contributed by atoms with E-state index in [4.69, 9.17) is 32.7 Å². The first kappa shape index (κ1) is 26.9. The van der Waals surface area contributed by atoms with Gasteiger partial charge >= 0.3 is 0 Å². The summed E-state index contributed by atoms with van der Waals surface area (Å²) in [6.45, 7) is 1.92. The van der Waals surface area contributed by atoms with Crippen molar-refractivity contribution in [2.45, 2.75) is 25.3 Å². The van der Waals surface area contributed by atoms with E-state index in [1.165, 1.54) is 13.3 Å². The third-order valence-electron chi connectivity index (χ3n) is 6.44. The van der Waals surface area contributed by atoms with Gasteiger partial charge in [-0.2, -0.15) is 0 Å². The maximum absolute atomic E-state index is 13.4. The van der Waals surface area contributed by atoms with Crippen molar-refractivity contribution in [1.29, 1.82) is 0 Å². The van der Waals surface area contributed by atoms with Crippen LogP contribution in [-0.2, 0) is 6.42 Å². The summed E-state index contributed by atoms with van der Waals surface area (Å²) in [5.41, 5.74) is 1.75. The molecule has 1 aliphatic rings. The van der Waals surface area contributed by atoms with E-state index in [-0.39, 0.29) is 17.6 Å². The first-order valence-corrected chi connectivity index (χ1v) is 12.9. The largest absolute Gasteiger partial charge is 0.493 e. The highest BCUT2D eigenvalue weighted by Gasteiger charge is 2.32. The summed E-state index contributed by atoms with van der Waals surface area (Å²) in [4.78, 5) is 30.8. The third kappa shape index (κ3) is 7.01. The van der Waals surface area contributed by atoms with Gasteiger partial charge in [-0.05, 0) is 79.9 Å². The van der Waals surface area contributed by atoms with Gasteiger partial charge < -0.3 is 20.1 Å². The van der Waals surface area contributed by atoms with Crippen LogP contribution in [-0.4, -0.2) is 49.5 Å². The lowest BCUT2D eigenvalue weighted by atomic mass is 9.85. The number of rotatable bonds is 10. The Labute approximate surface area is 226 Å². The molecule has 0 radical (unpaired) electrons. The zero-order chi connectivity index (χ0) is 26.2. The molecular weight excluding hydrogens is 513 g/mol. The predicted octanol–water partition coefficient (Wildman–Crippen LogP) is 5.00. The van der Waals surface area contributed by atoms with Crippen LogP contribution in [0.15, 0.2) is 60.9 Å². The SMILES string of the molecule is COc1ccc(C(=O)NC(C(=O)c2cccnc2)C2CCNCC2)cc1OCCc1ccc(Cl)cc1Cl. The Morgan fingerprint density at radius 1 is 1.08 bits per heavy atom. The molecule has 37 heavy (non-hydrogen) atoms. The number of piperidine rings is 1. The lowest BCUT2D eigenvalue weighted by Crippen LogP contribution is -2.49. The van der Waals surface area contributed by atoms with Crippen LogP contribution in [0.5, 0.6) is 11.5 Å². The summed E-state index contributed by atoms with van der Waals surface area (Å²) in [6, 6.07) is 13.1. The molecule has 1 unspecified atom stereocenters. The minimum atomic E-state index is -0.655. The number of Topliss-reactive ketones (excluding diaryl/α,β-unsaturated/α-hetero) is 1. The fourth-order valence-electron chi connectivity index (χ4n) is 4.41. The van der Waals surface area contributed by atoms with Gasteiger partial charge in [0.05, 0.1) is 19.8 Å². The summed E-state index contributed by atoms with van der Waals surface area (Å²) >= 11 is 12.2. The van der Waals surface area contributed by atoms with Gasteiger partial charge in [0.15, 0.2) is 17.3 Å². The molecule has 1 amide bonds. The van der Waals surface area contributed by atoms with E-state index in [9.17, 15) is 9.59 Å². The van der Waals surface area contributed by atoms with E-state index < -0.39 is 6.04 Å². The van der Waals surface area contributed by atoms with Crippen molar-refractivity contribution < 1.29 is 19.1 Å². The highest BCUT2D eigenvalue weighted by Crippen LogP contribution is 2.29. The van der Waals surface area contributed by atoms with Crippen LogP contribution in [0.3, 0.4) is 0 Å². The highest BCUT2D eigenvalue weighted by molar-refractivity contribution is 6.35. The molecule has 194 valence electrons. The summed E-state index contributed by atoms with van der Waals surface area (Å²) in [5.74, 6) is 0.459. The average Bonchev–Trinajstić information content (AvgIpc) is 2.93. The Morgan fingerprint density at radius 2 is 1.89 bits per heavy atom. The normalized spacial score (nSPS) is 14.6. The monoisotopic (exact) mass is 541 g/mol. The van der Waals surface area contributed by atoms with Gasteiger partial charge in [-0.3, -0.25) is 14.6 Å². The molecule has 1 aromatic heterocycles. The number of methoxy groups -OCH3 is 1. The van der Waals surface area contributed by atoms with Crippen LogP contribution in [0.4, 0.5) is 0 Å². The lowest BCUT2D eigenvalue weighted by molar-refractivity contribution is 0.0805. The van der Waals surface area contributed by atoms with E-state index in [0.29, 0.717) is 45.7 Å². The summed E-state index contributed by atoms with van der Waals surface area (Å²) in [5, 5.41) is 7.44. The maximum Gasteiger partial charge on any atom is 0.252 e. The molecule has 0 bridgehead atoms. The van der Waals surface area contributed by atoms with Crippen molar-refractivity contribution in [1.82, 2.24) is 15.6 Å². The number of carbonyl (C=O) groups excluding carboxylic acids is 2. The average molecular weight is 542 g/mol. The van der Waals surface area contributed by atoms with E-state index in [1.54, 1.807) is 48.7 Å². The Bertz CT molecular complexity index is 1230. The van der Waals surface area contributed by atoms with Gasteiger partial charge in [-0.15, -0.1) is 0 Å². The predicted molar refractivity (Wildman–Crippen MR) is 144 cm³/mol. The quantitative estimate of drug-likeness (QED) is 0.351. The number of carbonyl (C=O) groups is 2. The van der Waals surface area contributed by atoms with Gasteiger partial charge in [0, 0.05) is 40.0 Å². The second-order valence-corrected chi connectivity index (χ2v) is 9.69. The van der Waals surface area contributed by atoms with Crippen LogP contribution in [0, 0.1) is 5.92 Å². The number of ketones is 1. The van der Waals surface area contributed by atoms with Crippen LogP contribution in [0.25, 0.3) is 0 Å². The first-order chi connectivity index (χ1) is 18.0. The number of hydrogen-bond donors (Lipinski definition) is 2. The van der Waals surface area contributed by atoms with Crippen LogP contribution in [0.2, 0.25) is 10.0 Å². The number of pyridine rings is 1. The van der Waals surface area contributed by atoms with Crippen molar-refractivity contribution in [2.24, 2.45) is 5.92 Å². The Kier molecular flexibility index (Phi) is 9.39. The molecule has 1 saturated heterocycles. The van der Waals surface area contributed by atoms with Gasteiger partial charge in [-0.25, -0.2) is 0 Å². The fraction of sp³-hybridized carbons (Fsp3) is 0.321. The van der Waals surface area contributed by atoms with Crippen molar-refractivity contribution in [3.63, 3.8) is 0 Å². The van der Waals surface area contributed by atoms with Gasteiger partial charge in [0.25, 0.3) is 5.91 Å². The summed E-state index contributed by atoms with van der Waals surface area (Å²) in [7, 11) is 1.54. The Balaban J connectivity index is 1.49. The van der Waals surface area contributed by atoms with Crippen molar-refractivity contribution in [3.05, 3.63) is 87.7 Å². The topological polar surface area (TPSA) is 89.5 Å². The van der Waals surface area contributed by atoms with Crippen LogP contribution in [0.1, 0.15) is 39.1 Å². The first-order valence-electron chi connectivity index (χ1n) is 12.2. The molecule has 1 fully saturated rings. The van der Waals surface area contributed by atoms with Gasteiger partial charge in [-0.1, -0.05) is 29.3 Å². The molecule has 4 rings (SSSR count). The van der Waals surface area contributed by atoms with E-state index in [2.05, 4.69) is 15.6 Å². The lowest BCUT2D eigenvalue weighted by Gasteiger charge is -2.30. The number of benzene rings is 2. The number of amides is 1. The smallest absolute Gasteiger partial charge is 0.252 e. The van der Waals surface area contributed by atoms with Crippen molar-refractivity contribution in [2.75, 3.05) is 26.8 Å². The molecule has 2 heterocycles. The number of hydrogen-bond acceptors (Lipinski definition) is 6. The number of halogens is 2. The molecule has 3 aromatic rings. The fourth-order valence-corrected chi connectivity index (χ4v) is 4.92. The Hall–Kier alpha value is -3.13. The molecule has 0 aliphatic carbocycles. The second kappa shape index (κ2) is 12.9. The standard InChI is InChI=1S/C28H29Cl2N3O4/c1-36-24-7-5-20(15-25(24)37-14-10-18-4-6-22(29)16-23(18)30)28(35)33-26(19-8-12-31-13-9-19)27(34)21-3-2-11-32-17-21/h2-7,11,15-17,19,26,31H,8-10,12-14H2,1H3,(H,33,35). The molecule has 0 spiro atoms. The molecule has 7 nitrogen and oxygen atoms in total. The maximum atomic E-state index is 13.4. The van der Waals surface area contributed by atoms with E-state index in [1.807, 2.05) is 6.07 Å². The number of nitrogens with one attached hydrogen (secondary N) is 2. The minimum Gasteiger partial charge on any atom is -0.493 e. The Morgan fingerprint density at radius 3 is 2.59 bits per heavy atom. The zero-order valence-corrected chi connectivity index (χ0v) is 22.0. The number of aromatic nitrogens is 1. The van der Waals surface area contributed by atoms with Crippen molar-refractivity contribution >= 4 is 34.9 Å². The van der Waals surface area contributed by atoms with E-state index >= 15 is 0 Å². The van der Waals surface area contributed by atoms with Gasteiger partial charge in [0.1, 0.15) is 0 Å². The summed E-state index contributed by atoms with van der Waals surface area (Å²) in [6.07, 6.45) is 5.29. The van der Waals surface area contributed by atoms with Crippen LogP contribution < -0.4 is 20.1 Å². The zero-order valence-electron chi connectivity index (χ0n) is 20.5. The molecule has 0 saturated carbocycles. The van der Waals surface area contributed by atoms with Crippen molar-refractivity contribution in [3.8, 4) is 11.5 Å². The molecular formula is C28H29Cl2N3O4. The molecule has 1 atom stereocenters.